The molecule has 0 fully saturated rings. The van der Waals surface area contributed by atoms with Gasteiger partial charge in [0.05, 0.1) is 11.1 Å². The van der Waals surface area contributed by atoms with Crippen LogP contribution in [0.2, 0.25) is 5.02 Å². The van der Waals surface area contributed by atoms with E-state index < -0.39 is 0 Å². The predicted molar refractivity (Wildman–Crippen MR) is 84.2 cm³/mol. The molecular formula is C15H16BrClN2. The fourth-order valence-electron chi connectivity index (χ4n) is 2.25. The van der Waals surface area contributed by atoms with E-state index in [1.165, 1.54) is 11.1 Å². The molecule has 0 radical (unpaired) electrons. The van der Waals surface area contributed by atoms with Crippen LogP contribution in [-0.2, 0) is 0 Å². The minimum absolute atomic E-state index is 0.0656. The van der Waals surface area contributed by atoms with Crippen molar-refractivity contribution in [3.63, 3.8) is 0 Å². The van der Waals surface area contributed by atoms with Crippen LogP contribution in [0.4, 0.5) is 0 Å². The summed E-state index contributed by atoms with van der Waals surface area (Å²) in [5, 5.41) is 0.683. The highest BCUT2D eigenvalue weighted by molar-refractivity contribution is 9.10. The maximum Gasteiger partial charge on any atom is 0.0710 e. The highest BCUT2D eigenvalue weighted by atomic mass is 79.9. The molecule has 2 nitrogen and oxygen atoms in total. The third-order valence-electron chi connectivity index (χ3n) is 3.02. The highest BCUT2D eigenvalue weighted by Crippen LogP contribution is 2.29. The summed E-state index contributed by atoms with van der Waals surface area (Å²) in [6, 6.07) is 12.2. The molecule has 0 amide bonds. The van der Waals surface area contributed by atoms with E-state index in [9.17, 15) is 0 Å². The summed E-state index contributed by atoms with van der Waals surface area (Å²) < 4.78 is 0.883. The Hall–Kier alpha value is -0.870. The Kier molecular flexibility index (Phi) is 4.63. The summed E-state index contributed by atoms with van der Waals surface area (Å²) >= 11 is 9.55. The van der Waals surface area contributed by atoms with Crippen LogP contribution >= 0.6 is 27.5 Å². The number of nitrogens with two attached hydrogens (primary N) is 1. The van der Waals surface area contributed by atoms with Gasteiger partial charge in [0.2, 0.25) is 0 Å². The van der Waals surface area contributed by atoms with E-state index in [1.807, 2.05) is 18.2 Å². The number of benzene rings is 2. The summed E-state index contributed by atoms with van der Waals surface area (Å²) in [6.45, 7) is 4.16. The van der Waals surface area contributed by atoms with Crippen LogP contribution in [0, 0.1) is 13.8 Å². The molecule has 0 saturated carbocycles. The number of nitrogens with one attached hydrogen (secondary N) is 1. The van der Waals surface area contributed by atoms with E-state index in [1.54, 1.807) is 0 Å². The molecule has 4 heteroatoms. The maximum absolute atomic E-state index is 6.15. The zero-order valence-corrected chi connectivity index (χ0v) is 13.2. The second kappa shape index (κ2) is 6.06. The van der Waals surface area contributed by atoms with E-state index in [-0.39, 0.29) is 6.04 Å². The largest absolute Gasteiger partial charge is 0.271 e. The fraction of sp³-hybridized carbons (Fsp3) is 0.200. The van der Waals surface area contributed by atoms with Crippen LogP contribution in [0.5, 0.6) is 0 Å². The lowest BCUT2D eigenvalue weighted by atomic mass is 9.96. The van der Waals surface area contributed by atoms with Gasteiger partial charge in [-0.3, -0.25) is 5.84 Å². The van der Waals surface area contributed by atoms with E-state index >= 15 is 0 Å². The molecule has 0 heterocycles. The molecule has 1 unspecified atom stereocenters. The van der Waals surface area contributed by atoms with E-state index in [0.717, 1.165) is 15.6 Å². The Morgan fingerprint density at radius 1 is 1.05 bits per heavy atom. The normalized spacial score (nSPS) is 12.5. The van der Waals surface area contributed by atoms with Gasteiger partial charge in [0.15, 0.2) is 0 Å². The highest BCUT2D eigenvalue weighted by Gasteiger charge is 2.14. The van der Waals surface area contributed by atoms with Crippen molar-refractivity contribution in [2.24, 2.45) is 5.84 Å². The Bertz CT molecular complexity index is 578. The van der Waals surface area contributed by atoms with Gasteiger partial charge in [-0.1, -0.05) is 47.0 Å². The third-order valence-corrected chi connectivity index (χ3v) is 4.25. The summed E-state index contributed by atoms with van der Waals surface area (Å²) in [5.74, 6) is 5.72. The first-order valence-corrected chi connectivity index (χ1v) is 7.17. The smallest absolute Gasteiger partial charge is 0.0710 e. The minimum atomic E-state index is -0.0656. The number of hydrogen-bond acceptors (Lipinski definition) is 2. The molecule has 0 aromatic heterocycles. The van der Waals surface area contributed by atoms with Crippen molar-refractivity contribution in [2.75, 3.05) is 0 Å². The first-order valence-electron chi connectivity index (χ1n) is 6.00. The van der Waals surface area contributed by atoms with Crippen LogP contribution in [0.1, 0.15) is 28.3 Å². The van der Waals surface area contributed by atoms with Crippen LogP contribution in [0.15, 0.2) is 40.9 Å². The number of aryl methyl sites for hydroxylation is 2. The molecule has 2 aromatic rings. The van der Waals surface area contributed by atoms with E-state index in [2.05, 4.69) is 53.4 Å². The molecule has 3 N–H and O–H groups in total. The van der Waals surface area contributed by atoms with Gasteiger partial charge in [0.1, 0.15) is 0 Å². The quantitative estimate of drug-likeness (QED) is 0.647. The van der Waals surface area contributed by atoms with Gasteiger partial charge in [-0.2, -0.15) is 0 Å². The van der Waals surface area contributed by atoms with Crippen LogP contribution in [0.3, 0.4) is 0 Å². The van der Waals surface area contributed by atoms with Crippen molar-refractivity contribution in [2.45, 2.75) is 19.9 Å². The molecule has 0 spiro atoms. The second-order valence-corrected chi connectivity index (χ2v) is 5.96. The van der Waals surface area contributed by atoms with Crippen molar-refractivity contribution in [1.29, 1.82) is 0 Å². The average molecular weight is 340 g/mol. The summed E-state index contributed by atoms with van der Waals surface area (Å²) in [6.07, 6.45) is 0. The molecular weight excluding hydrogens is 324 g/mol. The number of halogens is 2. The zero-order chi connectivity index (χ0) is 14.0. The van der Waals surface area contributed by atoms with Gasteiger partial charge < -0.3 is 0 Å². The predicted octanol–water partition coefficient (Wildman–Crippen LogP) is 4.27. The lowest BCUT2D eigenvalue weighted by Gasteiger charge is -2.18. The first kappa shape index (κ1) is 14.5. The monoisotopic (exact) mass is 338 g/mol. The van der Waals surface area contributed by atoms with Gasteiger partial charge >= 0.3 is 0 Å². The molecule has 0 aliphatic carbocycles. The molecule has 0 bridgehead atoms. The molecule has 0 saturated heterocycles. The van der Waals surface area contributed by atoms with E-state index in [4.69, 9.17) is 17.4 Å². The van der Waals surface area contributed by atoms with Crippen LogP contribution < -0.4 is 11.3 Å². The van der Waals surface area contributed by atoms with Crippen molar-refractivity contribution in [3.05, 3.63) is 68.1 Å². The zero-order valence-electron chi connectivity index (χ0n) is 10.9. The topological polar surface area (TPSA) is 38.0 Å². The molecule has 2 aromatic carbocycles. The van der Waals surface area contributed by atoms with Crippen LogP contribution in [0.25, 0.3) is 0 Å². The fourth-order valence-corrected chi connectivity index (χ4v) is 2.69. The van der Waals surface area contributed by atoms with Gasteiger partial charge in [-0.15, -0.1) is 0 Å². The van der Waals surface area contributed by atoms with Gasteiger partial charge in [0, 0.05) is 4.47 Å². The van der Waals surface area contributed by atoms with E-state index in [0.29, 0.717) is 5.02 Å². The number of hydrogen-bond donors (Lipinski definition) is 2. The first-order chi connectivity index (χ1) is 9.01. The molecule has 0 aliphatic heterocycles. The lowest BCUT2D eigenvalue weighted by molar-refractivity contribution is 0.636. The molecule has 100 valence electrons. The van der Waals surface area contributed by atoms with Gasteiger partial charge in [-0.25, -0.2) is 5.43 Å². The molecule has 2 rings (SSSR count). The Morgan fingerprint density at radius 3 is 2.21 bits per heavy atom. The van der Waals surface area contributed by atoms with Crippen molar-refractivity contribution < 1.29 is 0 Å². The lowest BCUT2D eigenvalue weighted by Crippen LogP contribution is -2.29. The SMILES string of the molecule is Cc1cc(C)cc(C(NN)c2ccc(Br)c(Cl)c2)c1. The summed E-state index contributed by atoms with van der Waals surface area (Å²) in [4.78, 5) is 0. The standard InChI is InChI=1S/C15H16BrClN2/c1-9-5-10(2)7-12(6-9)15(19-18)11-3-4-13(16)14(17)8-11/h3-8,15,19H,18H2,1-2H3. The maximum atomic E-state index is 6.15. The third kappa shape index (κ3) is 3.37. The Balaban J connectivity index is 2.46. The Labute approximate surface area is 127 Å². The van der Waals surface area contributed by atoms with Crippen molar-refractivity contribution in [1.82, 2.24) is 5.43 Å². The minimum Gasteiger partial charge on any atom is -0.271 e. The van der Waals surface area contributed by atoms with Crippen molar-refractivity contribution in [3.8, 4) is 0 Å². The number of hydrazine groups is 1. The van der Waals surface area contributed by atoms with Gasteiger partial charge in [0.25, 0.3) is 0 Å². The molecule has 1 atom stereocenters. The van der Waals surface area contributed by atoms with Crippen molar-refractivity contribution >= 4 is 27.5 Å². The molecule has 0 aliphatic rings. The average Bonchev–Trinajstić information content (AvgIpc) is 2.33. The van der Waals surface area contributed by atoms with Crippen LogP contribution in [-0.4, -0.2) is 0 Å². The summed E-state index contributed by atoms with van der Waals surface area (Å²) in [7, 11) is 0. The van der Waals surface area contributed by atoms with Gasteiger partial charge in [-0.05, 0) is 53.0 Å². The Morgan fingerprint density at radius 2 is 1.68 bits per heavy atom. The molecule has 19 heavy (non-hydrogen) atoms. The summed E-state index contributed by atoms with van der Waals surface area (Å²) in [5.41, 5.74) is 7.48. The second-order valence-electron chi connectivity index (χ2n) is 4.69. The number of rotatable bonds is 3.